The molecule has 0 bridgehead atoms. The molecule has 0 saturated carbocycles. The van der Waals surface area contributed by atoms with E-state index in [0.717, 1.165) is 0 Å². The van der Waals surface area contributed by atoms with Gasteiger partial charge in [-0.1, -0.05) is 30.4 Å². The van der Waals surface area contributed by atoms with Crippen molar-refractivity contribution < 1.29 is 9.53 Å². The second-order valence-corrected chi connectivity index (χ2v) is 2.43. The summed E-state index contributed by atoms with van der Waals surface area (Å²) < 4.78 is 4.86. The van der Waals surface area contributed by atoms with Gasteiger partial charge in [0.05, 0.1) is 6.61 Å². The van der Waals surface area contributed by atoms with Gasteiger partial charge in [0, 0.05) is 5.57 Å². The fourth-order valence-corrected chi connectivity index (χ4v) is 0.953. The highest BCUT2D eigenvalue weighted by Gasteiger charge is 2.07. The molecule has 0 aromatic heterocycles. The Bertz CT molecular complexity index is 247. The van der Waals surface area contributed by atoms with Crippen LogP contribution >= 0.6 is 0 Å². The Morgan fingerprint density at radius 1 is 1.50 bits per heavy atom. The van der Waals surface area contributed by atoms with Crippen LogP contribution in [0.3, 0.4) is 0 Å². The first-order valence-electron chi connectivity index (χ1n) is 4.04. The van der Waals surface area contributed by atoms with E-state index in [0.29, 0.717) is 18.6 Å². The van der Waals surface area contributed by atoms with Gasteiger partial charge in [0.25, 0.3) is 0 Å². The second kappa shape index (κ2) is 4.54. The van der Waals surface area contributed by atoms with E-state index in [1.54, 1.807) is 13.0 Å². The van der Waals surface area contributed by atoms with Crippen molar-refractivity contribution in [3.8, 4) is 0 Å². The molecule has 1 aliphatic carbocycles. The van der Waals surface area contributed by atoms with E-state index in [2.05, 4.69) is 0 Å². The molecule has 2 nitrogen and oxygen atoms in total. The summed E-state index contributed by atoms with van der Waals surface area (Å²) in [4.78, 5) is 11.2. The SMILES string of the molecule is CCOC(=O)C1=CC=CC=CC1. The van der Waals surface area contributed by atoms with Crippen LogP contribution < -0.4 is 0 Å². The summed E-state index contributed by atoms with van der Waals surface area (Å²) in [6.45, 7) is 2.24. The first-order chi connectivity index (χ1) is 5.84. The molecular formula is C10H12O2. The summed E-state index contributed by atoms with van der Waals surface area (Å²) in [5.74, 6) is -0.214. The topological polar surface area (TPSA) is 26.3 Å². The second-order valence-electron chi connectivity index (χ2n) is 2.43. The number of carbonyl (C=O) groups is 1. The van der Waals surface area contributed by atoms with Crippen molar-refractivity contribution in [1.29, 1.82) is 0 Å². The maximum absolute atomic E-state index is 11.2. The summed E-state index contributed by atoms with van der Waals surface area (Å²) in [6.07, 6.45) is 10.0. The molecular weight excluding hydrogens is 152 g/mol. The van der Waals surface area contributed by atoms with E-state index >= 15 is 0 Å². The van der Waals surface area contributed by atoms with Crippen LogP contribution in [0, 0.1) is 0 Å². The van der Waals surface area contributed by atoms with Crippen LogP contribution in [0.4, 0.5) is 0 Å². The third-order valence-corrected chi connectivity index (χ3v) is 1.53. The van der Waals surface area contributed by atoms with Crippen molar-refractivity contribution in [1.82, 2.24) is 0 Å². The molecule has 2 heteroatoms. The zero-order valence-corrected chi connectivity index (χ0v) is 7.12. The maximum atomic E-state index is 11.2. The standard InChI is InChI=1S/C10H12O2/c1-2-12-10(11)9-7-5-3-4-6-8-9/h3-7H,2,8H2,1H3. The Labute approximate surface area is 72.2 Å². The molecule has 0 fully saturated rings. The number of hydrogen-bond acceptors (Lipinski definition) is 2. The molecule has 0 unspecified atom stereocenters. The van der Waals surface area contributed by atoms with E-state index in [-0.39, 0.29) is 5.97 Å². The molecule has 0 spiro atoms. The lowest BCUT2D eigenvalue weighted by molar-refractivity contribution is -0.138. The number of hydrogen-bond donors (Lipinski definition) is 0. The van der Waals surface area contributed by atoms with E-state index in [1.807, 2.05) is 24.3 Å². The number of rotatable bonds is 2. The normalized spacial score (nSPS) is 15.2. The van der Waals surface area contributed by atoms with Crippen LogP contribution in [-0.4, -0.2) is 12.6 Å². The van der Waals surface area contributed by atoms with Gasteiger partial charge in [-0.15, -0.1) is 0 Å². The van der Waals surface area contributed by atoms with Gasteiger partial charge in [0.1, 0.15) is 0 Å². The quantitative estimate of drug-likeness (QED) is 0.583. The zero-order valence-electron chi connectivity index (χ0n) is 7.12. The van der Waals surface area contributed by atoms with Crippen LogP contribution in [-0.2, 0) is 9.53 Å². The first-order valence-corrected chi connectivity index (χ1v) is 4.04. The molecule has 0 saturated heterocycles. The van der Waals surface area contributed by atoms with Gasteiger partial charge in [-0.2, -0.15) is 0 Å². The minimum absolute atomic E-state index is 0.214. The van der Waals surface area contributed by atoms with E-state index < -0.39 is 0 Å². The number of carbonyl (C=O) groups excluding carboxylic acids is 1. The van der Waals surface area contributed by atoms with Gasteiger partial charge in [-0.25, -0.2) is 4.79 Å². The van der Waals surface area contributed by atoms with Crippen molar-refractivity contribution in [2.75, 3.05) is 6.61 Å². The number of esters is 1. The summed E-state index contributed by atoms with van der Waals surface area (Å²) >= 11 is 0. The average Bonchev–Trinajstić information content (AvgIpc) is 2.32. The monoisotopic (exact) mass is 164 g/mol. The molecule has 0 radical (unpaired) electrons. The van der Waals surface area contributed by atoms with Gasteiger partial charge in [-0.05, 0) is 13.3 Å². The Balaban J connectivity index is 2.62. The third-order valence-electron chi connectivity index (χ3n) is 1.53. The lowest BCUT2D eigenvalue weighted by Crippen LogP contribution is -2.06. The van der Waals surface area contributed by atoms with Crippen molar-refractivity contribution >= 4 is 5.97 Å². The van der Waals surface area contributed by atoms with Gasteiger partial charge in [-0.3, -0.25) is 0 Å². The molecule has 0 amide bonds. The highest BCUT2D eigenvalue weighted by atomic mass is 16.5. The van der Waals surface area contributed by atoms with E-state index in [4.69, 9.17) is 4.74 Å². The van der Waals surface area contributed by atoms with Crippen LogP contribution in [0.5, 0.6) is 0 Å². The van der Waals surface area contributed by atoms with Crippen molar-refractivity contribution in [3.63, 3.8) is 0 Å². The van der Waals surface area contributed by atoms with Crippen LogP contribution in [0.2, 0.25) is 0 Å². The third kappa shape index (κ3) is 2.38. The lowest BCUT2D eigenvalue weighted by atomic mass is 10.2. The fourth-order valence-electron chi connectivity index (χ4n) is 0.953. The average molecular weight is 164 g/mol. The molecule has 0 N–H and O–H groups in total. The van der Waals surface area contributed by atoms with Gasteiger partial charge < -0.3 is 4.74 Å². The Morgan fingerprint density at radius 2 is 2.33 bits per heavy atom. The highest BCUT2D eigenvalue weighted by molar-refractivity contribution is 5.89. The maximum Gasteiger partial charge on any atom is 0.334 e. The van der Waals surface area contributed by atoms with Crippen LogP contribution in [0.1, 0.15) is 13.3 Å². The molecule has 12 heavy (non-hydrogen) atoms. The largest absolute Gasteiger partial charge is 0.463 e. The molecule has 64 valence electrons. The highest BCUT2D eigenvalue weighted by Crippen LogP contribution is 2.08. The van der Waals surface area contributed by atoms with Crippen molar-refractivity contribution in [2.45, 2.75) is 13.3 Å². The summed E-state index contributed by atoms with van der Waals surface area (Å²) in [6, 6.07) is 0. The molecule has 0 atom stereocenters. The first kappa shape index (κ1) is 8.78. The summed E-state index contributed by atoms with van der Waals surface area (Å²) in [5, 5.41) is 0. The minimum atomic E-state index is -0.214. The summed E-state index contributed by atoms with van der Waals surface area (Å²) in [5.41, 5.74) is 0.710. The number of ether oxygens (including phenoxy) is 1. The van der Waals surface area contributed by atoms with Crippen molar-refractivity contribution in [2.24, 2.45) is 0 Å². The molecule has 0 aromatic carbocycles. The Morgan fingerprint density at radius 3 is 3.08 bits per heavy atom. The van der Waals surface area contributed by atoms with E-state index in [1.165, 1.54) is 0 Å². The molecule has 0 aliphatic heterocycles. The smallest absolute Gasteiger partial charge is 0.334 e. The zero-order chi connectivity index (χ0) is 8.81. The fraction of sp³-hybridized carbons (Fsp3) is 0.300. The predicted octanol–water partition coefficient (Wildman–Crippen LogP) is 1.99. The van der Waals surface area contributed by atoms with E-state index in [9.17, 15) is 4.79 Å². The van der Waals surface area contributed by atoms with Crippen LogP contribution in [0.25, 0.3) is 0 Å². The van der Waals surface area contributed by atoms with Gasteiger partial charge in [0.2, 0.25) is 0 Å². The lowest BCUT2D eigenvalue weighted by Gasteiger charge is -2.02. The molecule has 1 rings (SSSR count). The van der Waals surface area contributed by atoms with Crippen LogP contribution in [0.15, 0.2) is 36.0 Å². The predicted molar refractivity (Wildman–Crippen MR) is 47.6 cm³/mol. The molecule has 1 aliphatic rings. The van der Waals surface area contributed by atoms with Gasteiger partial charge >= 0.3 is 5.97 Å². The Hall–Kier alpha value is -1.31. The minimum Gasteiger partial charge on any atom is -0.463 e. The van der Waals surface area contributed by atoms with Gasteiger partial charge in [0.15, 0.2) is 0 Å². The summed E-state index contributed by atoms with van der Waals surface area (Å²) in [7, 11) is 0. The molecule has 0 aromatic rings. The number of allylic oxidation sites excluding steroid dienone is 5. The molecule has 0 heterocycles. The van der Waals surface area contributed by atoms with Crippen molar-refractivity contribution in [3.05, 3.63) is 36.0 Å². The Kier molecular flexibility index (Phi) is 3.33.